The molecule has 1 aromatic rings. The highest BCUT2D eigenvalue weighted by molar-refractivity contribution is 5.07. The molecule has 0 bridgehead atoms. The minimum atomic E-state index is 0.733. The molecule has 0 atom stereocenters. The van der Waals surface area contributed by atoms with Crippen LogP contribution < -0.4 is 5.32 Å². The van der Waals surface area contributed by atoms with Crippen molar-refractivity contribution in [2.45, 2.75) is 19.9 Å². The van der Waals surface area contributed by atoms with E-state index in [0.717, 1.165) is 44.1 Å². The molecule has 0 saturated heterocycles. The third-order valence-electron chi connectivity index (χ3n) is 2.12. The van der Waals surface area contributed by atoms with Crippen molar-refractivity contribution in [1.82, 2.24) is 15.3 Å². The first kappa shape index (κ1) is 11.9. The van der Waals surface area contributed by atoms with Crippen molar-refractivity contribution in [2.24, 2.45) is 0 Å². The van der Waals surface area contributed by atoms with Gasteiger partial charge in [0.2, 0.25) is 0 Å². The van der Waals surface area contributed by atoms with E-state index in [9.17, 15) is 0 Å². The molecule has 0 saturated carbocycles. The normalized spacial score (nSPS) is 10.5. The summed E-state index contributed by atoms with van der Waals surface area (Å²) in [6.07, 6.45) is 4.49. The summed E-state index contributed by atoms with van der Waals surface area (Å²) < 4.78 is 5.36. The minimum absolute atomic E-state index is 0.733. The average molecular weight is 209 g/mol. The second-order valence-electron chi connectivity index (χ2n) is 3.34. The molecule has 84 valence electrons. The molecular weight excluding hydrogens is 190 g/mol. The monoisotopic (exact) mass is 209 g/mol. The van der Waals surface area contributed by atoms with Gasteiger partial charge >= 0.3 is 0 Å². The number of hydrogen-bond acceptors (Lipinski definition) is 3. The zero-order valence-electron chi connectivity index (χ0n) is 9.25. The van der Waals surface area contributed by atoms with Gasteiger partial charge in [0.1, 0.15) is 0 Å². The highest BCUT2D eigenvalue weighted by Crippen LogP contribution is 1.98. The van der Waals surface area contributed by atoms with Crippen LogP contribution in [-0.2, 0) is 11.3 Å². The van der Waals surface area contributed by atoms with E-state index < -0.39 is 0 Å². The van der Waals surface area contributed by atoms with Gasteiger partial charge in [-0.1, -0.05) is 6.08 Å². The highest BCUT2D eigenvalue weighted by atomic mass is 16.5. The van der Waals surface area contributed by atoms with Gasteiger partial charge in [0, 0.05) is 18.8 Å². The Labute approximate surface area is 90.8 Å². The van der Waals surface area contributed by atoms with E-state index in [1.807, 2.05) is 13.0 Å². The van der Waals surface area contributed by atoms with E-state index in [4.69, 9.17) is 4.74 Å². The van der Waals surface area contributed by atoms with Crippen LogP contribution in [0.25, 0.3) is 0 Å². The number of nitrogens with zero attached hydrogens (tertiary/aromatic N) is 1. The molecule has 0 aliphatic heterocycles. The van der Waals surface area contributed by atoms with E-state index in [2.05, 4.69) is 21.9 Å². The van der Waals surface area contributed by atoms with Crippen LogP contribution in [0.2, 0.25) is 0 Å². The van der Waals surface area contributed by atoms with E-state index in [0.29, 0.717) is 0 Å². The quantitative estimate of drug-likeness (QED) is 0.502. The van der Waals surface area contributed by atoms with Crippen LogP contribution in [0.15, 0.2) is 19.0 Å². The number of aryl methyl sites for hydroxylation is 1. The topological polar surface area (TPSA) is 49.9 Å². The fraction of sp³-hybridized carbons (Fsp3) is 0.545. The smallest absolute Gasteiger partial charge is 0.0925 e. The van der Waals surface area contributed by atoms with Crippen LogP contribution in [0, 0.1) is 6.92 Å². The average Bonchev–Trinajstić information content (AvgIpc) is 2.63. The number of imidazole rings is 1. The van der Waals surface area contributed by atoms with Gasteiger partial charge in [-0.05, 0) is 13.3 Å². The van der Waals surface area contributed by atoms with Crippen LogP contribution in [0.4, 0.5) is 0 Å². The van der Waals surface area contributed by atoms with E-state index in [1.165, 1.54) is 0 Å². The lowest BCUT2D eigenvalue weighted by Crippen LogP contribution is -2.20. The molecule has 15 heavy (non-hydrogen) atoms. The summed E-state index contributed by atoms with van der Waals surface area (Å²) in [5, 5.41) is 3.27. The summed E-state index contributed by atoms with van der Waals surface area (Å²) >= 11 is 0. The molecule has 0 aliphatic rings. The van der Waals surface area contributed by atoms with Crippen molar-refractivity contribution in [3.63, 3.8) is 0 Å². The molecule has 0 amide bonds. The lowest BCUT2D eigenvalue weighted by Gasteiger charge is -2.04. The summed E-state index contributed by atoms with van der Waals surface area (Å²) in [4.78, 5) is 7.23. The maximum atomic E-state index is 5.36. The van der Waals surface area contributed by atoms with E-state index in [-0.39, 0.29) is 0 Å². The lowest BCUT2D eigenvalue weighted by molar-refractivity contribution is 0.140. The van der Waals surface area contributed by atoms with Crippen molar-refractivity contribution in [2.75, 3.05) is 19.8 Å². The van der Waals surface area contributed by atoms with Crippen LogP contribution in [-0.4, -0.2) is 29.7 Å². The largest absolute Gasteiger partial charge is 0.380 e. The van der Waals surface area contributed by atoms with Crippen molar-refractivity contribution in [3.05, 3.63) is 30.4 Å². The van der Waals surface area contributed by atoms with Gasteiger partial charge in [-0.3, -0.25) is 0 Å². The van der Waals surface area contributed by atoms with Crippen LogP contribution >= 0.6 is 0 Å². The number of hydrogen-bond donors (Lipinski definition) is 2. The predicted molar refractivity (Wildman–Crippen MR) is 60.7 cm³/mol. The zero-order valence-corrected chi connectivity index (χ0v) is 9.25. The summed E-state index contributed by atoms with van der Waals surface area (Å²) in [5.41, 5.74) is 2.19. The second kappa shape index (κ2) is 7.20. The maximum Gasteiger partial charge on any atom is 0.0925 e. The van der Waals surface area contributed by atoms with Gasteiger partial charge in [-0.15, -0.1) is 6.58 Å². The molecular formula is C11H19N3O. The Balaban J connectivity index is 1.98. The standard InChI is InChI=1S/C11H19N3O/c1-3-4-6-15-7-5-12-8-11-10(2)13-9-14-11/h3,9,12H,1,4-8H2,2H3,(H,13,14). The van der Waals surface area contributed by atoms with Crippen LogP contribution in [0.5, 0.6) is 0 Å². The third kappa shape index (κ3) is 4.76. The summed E-state index contributed by atoms with van der Waals surface area (Å²) in [6, 6.07) is 0. The molecule has 0 aliphatic carbocycles. The van der Waals surface area contributed by atoms with Crippen LogP contribution in [0.3, 0.4) is 0 Å². The Morgan fingerprint density at radius 3 is 3.13 bits per heavy atom. The molecule has 1 aromatic heterocycles. The highest BCUT2D eigenvalue weighted by Gasteiger charge is 1.98. The van der Waals surface area contributed by atoms with E-state index >= 15 is 0 Å². The predicted octanol–water partition coefficient (Wildman–Crippen LogP) is 1.40. The second-order valence-corrected chi connectivity index (χ2v) is 3.34. The Hall–Kier alpha value is -1.13. The number of aromatic nitrogens is 2. The Bertz CT molecular complexity index is 283. The molecule has 1 rings (SSSR count). The van der Waals surface area contributed by atoms with Gasteiger partial charge in [0.15, 0.2) is 0 Å². The number of rotatable bonds is 8. The van der Waals surface area contributed by atoms with Gasteiger partial charge in [0.05, 0.1) is 25.2 Å². The number of nitrogens with one attached hydrogen (secondary N) is 2. The molecule has 0 radical (unpaired) electrons. The first-order chi connectivity index (χ1) is 7.34. The van der Waals surface area contributed by atoms with Gasteiger partial charge in [-0.2, -0.15) is 0 Å². The molecule has 4 heteroatoms. The van der Waals surface area contributed by atoms with Crippen molar-refractivity contribution >= 4 is 0 Å². The number of aromatic amines is 1. The SMILES string of the molecule is C=CCCOCCNCc1nc[nH]c1C. The molecule has 2 N–H and O–H groups in total. The minimum Gasteiger partial charge on any atom is -0.380 e. The maximum absolute atomic E-state index is 5.36. The first-order valence-corrected chi connectivity index (χ1v) is 5.22. The lowest BCUT2D eigenvalue weighted by atomic mass is 10.3. The van der Waals surface area contributed by atoms with Gasteiger partial charge in [-0.25, -0.2) is 4.98 Å². The van der Waals surface area contributed by atoms with Crippen LogP contribution in [0.1, 0.15) is 17.8 Å². The van der Waals surface area contributed by atoms with Crippen molar-refractivity contribution in [3.8, 4) is 0 Å². The molecule has 0 spiro atoms. The summed E-state index contributed by atoms with van der Waals surface area (Å²) in [7, 11) is 0. The number of H-pyrrole nitrogens is 1. The van der Waals surface area contributed by atoms with E-state index in [1.54, 1.807) is 6.33 Å². The molecule has 1 heterocycles. The van der Waals surface area contributed by atoms with Crippen molar-refractivity contribution < 1.29 is 4.74 Å². The number of ether oxygens (including phenoxy) is 1. The molecule has 4 nitrogen and oxygen atoms in total. The fourth-order valence-corrected chi connectivity index (χ4v) is 1.19. The van der Waals surface area contributed by atoms with Gasteiger partial charge < -0.3 is 15.0 Å². The Kier molecular flexibility index (Phi) is 5.73. The Morgan fingerprint density at radius 2 is 2.47 bits per heavy atom. The molecule has 0 aromatic carbocycles. The Morgan fingerprint density at radius 1 is 1.60 bits per heavy atom. The summed E-state index contributed by atoms with van der Waals surface area (Å²) in [5.74, 6) is 0. The summed E-state index contributed by atoms with van der Waals surface area (Å²) in [6.45, 7) is 8.78. The molecule has 0 fully saturated rings. The third-order valence-corrected chi connectivity index (χ3v) is 2.12. The van der Waals surface area contributed by atoms with Crippen molar-refractivity contribution in [1.29, 1.82) is 0 Å². The van der Waals surface area contributed by atoms with Gasteiger partial charge in [0.25, 0.3) is 0 Å². The fourth-order valence-electron chi connectivity index (χ4n) is 1.19. The molecule has 0 unspecified atom stereocenters. The first-order valence-electron chi connectivity index (χ1n) is 5.22. The zero-order chi connectivity index (χ0) is 10.9.